The third-order valence-corrected chi connectivity index (χ3v) is 2.10. The van der Waals surface area contributed by atoms with E-state index in [1.54, 1.807) is 0 Å². The van der Waals surface area contributed by atoms with Crippen molar-refractivity contribution in [3.63, 3.8) is 0 Å². The third kappa shape index (κ3) is 33.5. The molecule has 3 heteroatoms. The van der Waals surface area contributed by atoms with E-state index in [1.807, 2.05) is 0 Å². The van der Waals surface area contributed by atoms with Gasteiger partial charge in [-0.15, -0.1) is 0 Å². The van der Waals surface area contributed by atoms with Crippen molar-refractivity contribution in [1.82, 2.24) is 0 Å². The Hall–Kier alpha value is -0.100. The molecule has 13 heavy (non-hydrogen) atoms. The lowest BCUT2D eigenvalue weighted by Gasteiger charge is -1.94. The number of carboxylic acids is 1. The van der Waals surface area contributed by atoms with Gasteiger partial charge in [0.25, 0.3) is 0 Å². The van der Waals surface area contributed by atoms with Crippen molar-refractivity contribution in [2.75, 3.05) is 6.16 Å². The van der Waals surface area contributed by atoms with Crippen LogP contribution < -0.4 is 5.11 Å². The lowest BCUT2D eigenvalue weighted by molar-refractivity contribution is -0.302. The van der Waals surface area contributed by atoms with Gasteiger partial charge in [-0.25, -0.2) is 0 Å². The highest BCUT2D eigenvalue weighted by Crippen LogP contribution is 2.05. The van der Waals surface area contributed by atoms with Crippen molar-refractivity contribution in [2.24, 2.45) is 0 Å². The molecule has 1 unspecified atom stereocenters. The first kappa shape index (κ1) is 15.4. The Kier molecular flexibility index (Phi) is 17.1. The van der Waals surface area contributed by atoms with Crippen LogP contribution >= 0.6 is 9.24 Å². The maximum absolute atomic E-state index is 8.89. The number of rotatable bonds is 6. The Morgan fingerprint density at radius 1 is 1.15 bits per heavy atom. The number of carbonyl (C=O) groups is 1. The third-order valence-electron chi connectivity index (χ3n) is 1.60. The zero-order valence-corrected chi connectivity index (χ0v) is 10.4. The quantitative estimate of drug-likeness (QED) is 0.490. The molecular weight excluding hydrogens is 183 g/mol. The zero-order valence-electron chi connectivity index (χ0n) is 8.97. The highest BCUT2D eigenvalue weighted by molar-refractivity contribution is 7.16. The van der Waals surface area contributed by atoms with Gasteiger partial charge < -0.3 is 9.90 Å². The van der Waals surface area contributed by atoms with E-state index in [1.165, 1.54) is 44.7 Å². The second kappa shape index (κ2) is 14.4. The van der Waals surface area contributed by atoms with Crippen molar-refractivity contribution in [3.8, 4) is 0 Å². The Labute approximate surface area is 84.3 Å². The van der Waals surface area contributed by atoms with Crippen LogP contribution in [-0.4, -0.2) is 12.1 Å². The van der Waals surface area contributed by atoms with Crippen LogP contribution in [0.4, 0.5) is 0 Å². The lowest BCUT2D eigenvalue weighted by Crippen LogP contribution is -2.16. The maximum Gasteiger partial charge on any atom is 0.0526 e. The molecule has 0 amide bonds. The molecule has 0 N–H and O–H groups in total. The monoisotopic (exact) mass is 206 g/mol. The van der Waals surface area contributed by atoms with E-state index in [-0.39, 0.29) is 0 Å². The molecule has 0 aromatic rings. The molecule has 0 spiro atoms. The Balaban J connectivity index is 0. The normalized spacial score (nSPS) is 9.08. The van der Waals surface area contributed by atoms with Crippen molar-refractivity contribution < 1.29 is 9.90 Å². The predicted molar refractivity (Wildman–Crippen MR) is 60.0 cm³/mol. The fourth-order valence-corrected chi connectivity index (χ4v) is 1.31. The van der Waals surface area contributed by atoms with E-state index in [9.17, 15) is 0 Å². The Morgan fingerprint density at radius 3 is 1.92 bits per heavy atom. The van der Waals surface area contributed by atoms with Crippen LogP contribution in [0.3, 0.4) is 0 Å². The molecule has 0 rings (SSSR count). The minimum atomic E-state index is -1.08. The Morgan fingerprint density at radius 2 is 1.54 bits per heavy atom. The van der Waals surface area contributed by atoms with Crippen LogP contribution in [0, 0.1) is 0 Å². The van der Waals surface area contributed by atoms with Gasteiger partial charge >= 0.3 is 0 Å². The fraction of sp³-hybridized carbons (Fsp3) is 0.900. The van der Waals surface area contributed by atoms with E-state index < -0.39 is 5.97 Å². The van der Waals surface area contributed by atoms with Gasteiger partial charge in [-0.2, -0.15) is 0 Å². The van der Waals surface area contributed by atoms with E-state index in [2.05, 4.69) is 16.2 Å². The summed E-state index contributed by atoms with van der Waals surface area (Å²) >= 11 is 0. The van der Waals surface area contributed by atoms with Crippen LogP contribution in [0.2, 0.25) is 0 Å². The molecule has 0 fully saturated rings. The zero-order chi connectivity index (χ0) is 10.5. The molecule has 0 aliphatic heterocycles. The first-order chi connectivity index (χ1) is 6.15. The molecule has 0 aliphatic carbocycles. The van der Waals surface area contributed by atoms with Gasteiger partial charge in [-0.3, -0.25) is 0 Å². The van der Waals surface area contributed by atoms with Crippen molar-refractivity contribution >= 4 is 15.2 Å². The minimum absolute atomic E-state index is 0.972. The molecular formula is C10H23O2P. The Bertz CT molecular complexity index is 95.1. The summed E-state index contributed by atoms with van der Waals surface area (Å²) in [5.41, 5.74) is 0. The summed E-state index contributed by atoms with van der Waals surface area (Å²) in [4.78, 5) is 8.89. The molecule has 0 saturated carbocycles. The van der Waals surface area contributed by atoms with Gasteiger partial charge in [0.2, 0.25) is 0 Å². The second-order valence-corrected chi connectivity index (χ2v) is 3.82. The molecule has 2 nitrogen and oxygen atoms in total. The van der Waals surface area contributed by atoms with Crippen LogP contribution in [0.5, 0.6) is 0 Å². The summed E-state index contributed by atoms with van der Waals surface area (Å²) < 4.78 is 0. The largest absolute Gasteiger partial charge is 0.550 e. The minimum Gasteiger partial charge on any atom is -0.550 e. The summed E-state index contributed by atoms with van der Waals surface area (Å²) in [7, 11) is 2.09. The van der Waals surface area contributed by atoms with Gasteiger partial charge in [-0.05, 0) is 29.0 Å². The van der Waals surface area contributed by atoms with Gasteiger partial charge in [0, 0.05) is 5.97 Å². The highest BCUT2D eigenvalue weighted by atomic mass is 31.0. The van der Waals surface area contributed by atoms with Crippen molar-refractivity contribution in [2.45, 2.75) is 52.4 Å². The fourth-order valence-electron chi connectivity index (χ4n) is 0.957. The summed E-state index contributed by atoms with van der Waals surface area (Å²) in [5, 5.41) is 8.89. The first-order valence-corrected chi connectivity index (χ1v) is 6.12. The van der Waals surface area contributed by atoms with E-state index in [0.29, 0.717) is 0 Å². The van der Waals surface area contributed by atoms with Gasteiger partial charge in [0.05, 0.1) is 6.16 Å². The van der Waals surface area contributed by atoms with Crippen molar-refractivity contribution in [3.05, 3.63) is 0 Å². The smallest absolute Gasteiger partial charge is 0.0526 e. The molecule has 0 saturated heterocycles. The molecule has 0 aromatic carbocycles. The van der Waals surface area contributed by atoms with E-state index in [0.717, 1.165) is 6.92 Å². The topological polar surface area (TPSA) is 40.1 Å². The molecule has 0 aromatic heterocycles. The van der Waals surface area contributed by atoms with Crippen LogP contribution in [0.15, 0.2) is 0 Å². The number of hydrogen-bond donors (Lipinski definition) is 0. The molecule has 0 bridgehead atoms. The second-order valence-electron chi connectivity index (χ2n) is 3.11. The number of aliphatic carboxylic acids is 1. The van der Waals surface area contributed by atoms with Gasteiger partial charge in [0.1, 0.15) is 0 Å². The number of carbonyl (C=O) groups excluding carboxylic acids is 1. The molecule has 80 valence electrons. The highest BCUT2D eigenvalue weighted by Gasteiger charge is 1.87. The maximum atomic E-state index is 8.89. The number of carboxylic acid groups (broad SMARTS) is 1. The van der Waals surface area contributed by atoms with Crippen LogP contribution in [-0.2, 0) is 4.79 Å². The molecule has 0 aliphatic rings. The van der Waals surface area contributed by atoms with E-state index >= 15 is 0 Å². The summed E-state index contributed by atoms with van der Waals surface area (Å²) in [6, 6.07) is 0. The average Bonchev–Trinajstić information content (AvgIpc) is 2.03. The lowest BCUT2D eigenvalue weighted by atomic mass is 10.1. The molecule has 0 heterocycles. The SMILES string of the molecule is CC(=O)[O-].CCCCCCCC[PH3+]. The van der Waals surface area contributed by atoms with Gasteiger partial charge in [-0.1, -0.05) is 32.6 Å². The summed E-state index contributed by atoms with van der Waals surface area (Å²) in [6.45, 7) is 3.24. The molecule has 0 radical (unpaired) electrons. The standard InChI is InChI=1S/C8H19P.C2H4O2/c1-2-3-4-5-6-7-8-9;1-2(3)4/h2-9H2,1H3;1H3,(H,3,4). The van der Waals surface area contributed by atoms with Gasteiger partial charge in [0.15, 0.2) is 0 Å². The van der Waals surface area contributed by atoms with Crippen molar-refractivity contribution in [1.29, 1.82) is 0 Å². The van der Waals surface area contributed by atoms with Crippen LogP contribution in [0.25, 0.3) is 0 Å². The average molecular weight is 206 g/mol. The van der Waals surface area contributed by atoms with Crippen LogP contribution in [0.1, 0.15) is 52.4 Å². The first-order valence-electron chi connectivity index (χ1n) is 5.12. The number of hydrogen-bond acceptors (Lipinski definition) is 2. The summed E-state index contributed by atoms with van der Waals surface area (Å²) in [6.07, 6.45) is 10.0. The molecule has 1 atom stereocenters. The predicted octanol–water partition coefficient (Wildman–Crippen LogP) is 1.71. The number of unbranched alkanes of at least 4 members (excludes halogenated alkanes) is 5. The van der Waals surface area contributed by atoms with E-state index in [4.69, 9.17) is 9.90 Å². The summed E-state index contributed by atoms with van der Waals surface area (Å²) in [5.74, 6) is -1.08.